The standard InChI is InChI=1S/C12H21NSe/c1-2-3-4-8-12-13-10-6-5-7-11(9-10)14-12/h10-11H,2-9H2,1H3. The molecule has 1 aliphatic heterocycles. The van der Waals surface area contributed by atoms with E-state index in [4.69, 9.17) is 4.99 Å². The van der Waals surface area contributed by atoms with E-state index in [1.807, 2.05) is 0 Å². The molecule has 0 aromatic heterocycles. The molecule has 1 saturated carbocycles. The second-order valence-electron chi connectivity index (χ2n) is 4.54. The molecule has 2 rings (SSSR count). The van der Waals surface area contributed by atoms with Crippen LogP contribution in [-0.2, 0) is 0 Å². The van der Waals surface area contributed by atoms with Crippen LogP contribution in [0.4, 0.5) is 0 Å². The van der Waals surface area contributed by atoms with Gasteiger partial charge in [0.25, 0.3) is 0 Å². The van der Waals surface area contributed by atoms with Crippen molar-refractivity contribution in [2.45, 2.75) is 69.1 Å². The van der Waals surface area contributed by atoms with Crippen molar-refractivity contribution >= 4 is 19.6 Å². The number of rotatable bonds is 4. The molecule has 0 radical (unpaired) electrons. The topological polar surface area (TPSA) is 12.4 Å². The molecule has 1 heterocycles. The summed E-state index contributed by atoms with van der Waals surface area (Å²) in [6, 6.07) is 0.737. The summed E-state index contributed by atoms with van der Waals surface area (Å²) in [6.07, 6.45) is 11.2. The quantitative estimate of drug-likeness (QED) is 0.541. The summed E-state index contributed by atoms with van der Waals surface area (Å²) in [5.74, 6) is 0. The van der Waals surface area contributed by atoms with Gasteiger partial charge in [0.05, 0.1) is 0 Å². The predicted molar refractivity (Wildman–Crippen MR) is 63.3 cm³/mol. The first-order valence-corrected chi connectivity index (χ1v) is 7.96. The van der Waals surface area contributed by atoms with Crippen LogP contribution in [-0.4, -0.2) is 25.6 Å². The fraction of sp³-hybridized carbons (Fsp3) is 0.917. The molecule has 1 aliphatic carbocycles. The summed E-state index contributed by atoms with van der Waals surface area (Å²) in [7, 11) is 0. The van der Waals surface area contributed by atoms with Crippen LogP contribution in [0.3, 0.4) is 0 Å². The van der Waals surface area contributed by atoms with Crippen molar-refractivity contribution in [3.63, 3.8) is 0 Å². The zero-order valence-electron chi connectivity index (χ0n) is 9.17. The van der Waals surface area contributed by atoms with Gasteiger partial charge in [0.1, 0.15) is 0 Å². The van der Waals surface area contributed by atoms with Gasteiger partial charge in [-0.2, -0.15) is 0 Å². The molecule has 1 nitrogen and oxygen atoms in total. The first kappa shape index (κ1) is 10.7. The molecule has 80 valence electrons. The zero-order chi connectivity index (χ0) is 9.80. The minimum absolute atomic E-state index is 0.737. The summed E-state index contributed by atoms with van der Waals surface area (Å²) >= 11 is 0.769. The number of unbranched alkanes of at least 4 members (excludes halogenated alkanes) is 2. The van der Waals surface area contributed by atoms with Crippen LogP contribution in [0.5, 0.6) is 0 Å². The Morgan fingerprint density at radius 2 is 2.29 bits per heavy atom. The Labute approximate surface area is 93.9 Å². The second kappa shape index (κ2) is 5.32. The van der Waals surface area contributed by atoms with Crippen molar-refractivity contribution in [1.82, 2.24) is 0 Å². The van der Waals surface area contributed by atoms with E-state index in [1.165, 1.54) is 51.4 Å². The number of hydrogen-bond donors (Lipinski definition) is 0. The molecule has 2 heteroatoms. The molecule has 14 heavy (non-hydrogen) atoms. The van der Waals surface area contributed by atoms with E-state index in [1.54, 1.807) is 4.61 Å². The Balaban J connectivity index is 1.83. The third-order valence-electron chi connectivity index (χ3n) is 3.22. The monoisotopic (exact) mass is 259 g/mol. The van der Waals surface area contributed by atoms with Crippen LogP contribution < -0.4 is 0 Å². The van der Waals surface area contributed by atoms with Gasteiger partial charge in [0.2, 0.25) is 0 Å². The number of aliphatic imine (C=N–C) groups is 1. The summed E-state index contributed by atoms with van der Waals surface area (Å²) < 4.78 is 1.62. The van der Waals surface area contributed by atoms with Crippen LogP contribution in [0.1, 0.15) is 58.3 Å². The van der Waals surface area contributed by atoms with E-state index in [2.05, 4.69) is 6.92 Å². The fourth-order valence-electron chi connectivity index (χ4n) is 2.42. The normalized spacial score (nSPS) is 31.4. The van der Waals surface area contributed by atoms with Crippen LogP contribution in [0.2, 0.25) is 4.82 Å². The second-order valence-corrected chi connectivity index (χ2v) is 7.42. The SMILES string of the molecule is CCCCCC1=NC2CCCC(C2)[Se]1. The van der Waals surface area contributed by atoms with E-state index < -0.39 is 0 Å². The van der Waals surface area contributed by atoms with Crippen molar-refractivity contribution in [3.05, 3.63) is 0 Å². The Bertz CT molecular complexity index is 212. The summed E-state index contributed by atoms with van der Waals surface area (Å²) in [5.41, 5.74) is 0. The molecular weight excluding hydrogens is 237 g/mol. The number of fused-ring (bicyclic) bond motifs is 2. The van der Waals surface area contributed by atoms with Gasteiger partial charge in [0, 0.05) is 0 Å². The zero-order valence-corrected chi connectivity index (χ0v) is 10.9. The fourth-order valence-corrected chi connectivity index (χ4v) is 5.48. The van der Waals surface area contributed by atoms with Gasteiger partial charge in [-0.15, -0.1) is 0 Å². The average Bonchev–Trinajstić information content (AvgIpc) is 2.18. The maximum atomic E-state index is 4.92. The molecule has 0 N–H and O–H groups in total. The van der Waals surface area contributed by atoms with Crippen LogP contribution >= 0.6 is 0 Å². The molecule has 2 aliphatic rings. The van der Waals surface area contributed by atoms with Crippen molar-refractivity contribution in [3.8, 4) is 0 Å². The third-order valence-corrected chi connectivity index (χ3v) is 6.04. The van der Waals surface area contributed by atoms with Crippen LogP contribution in [0.15, 0.2) is 4.99 Å². The first-order valence-electron chi connectivity index (χ1n) is 6.12. The van der Waals surface area contributed by atoms with Gasteiger partial charge in [-0.25, -0.2) is 0 Å². The van der Waals surface area contributed by atoms with E-state index in [9.17, 15) is 0 Å². The third kappa shape index (κ3) is 2.84. The summed E-state index contributed by atoms with van der Waals surface area (Å²) in [5, 5.41) is 0. The average molecular weight is 258 g/mol. The molecule has 2 atom stereocenters. The molecule has 0 amide bonds. The predicted octanol–water partition coefficient (Wildman–Crippen LogP) is 3.41. The number of nitrogens with zero attached hydrogens (tertiary/aromatic N) is 1. The molecule has 2 unspecified atom stereocenters. The molecule has 2 bridgehead atoms. The van der Waals surface area contributed by atoms with Crippen LogP contribution in [0, 0.1) is 0 Å². The Kier molecular flexibility index (Phi) is 4.07. The minimum atomic E-state index is 0.737. The molecule has 0 spiro atoms. The van der Waals surface area contributed by atoms with E-state index in [0.717, 1.165) is 25.8 Å². The van der Waals surface area contributed by atoms with E-state index in [-0.39, 0.29) is 0 Å². The Morgan fingerprint density at radius 1 is 1.36 bits per heavy atom. The summed E-state index contributed by atoms with van der Waals surface area (Å²) in [6.45, 7) is 2.28. The van der Waals surface area contributed by atoms with Crippen molar-refractivity contribution in [1.29, 1.82) is 0 Å². The van der Waals surface area contributed by atoms with E-state index in [0.29, 0.717) is 0 Å². The molecule has 0 aromatic carbocycles. The molecule has 0 aromatic rings. The molecule has 1 fully saturated rings. The molecule has 0 saturated heterocycles. The van der Waals surface area contributed by atoms with Gasteiger partial charge in [-0.05, 0) is 0 Å². The van der Waals surface area contributed by atoms with Gasteiger partial charge in [-0.3, -0.25) is 0 Å². The Morgan fingerprint density at radius 3 is 3.07 bits per heavy atom. The van der Waals surface area contributed by atoms with Crippen molar-refractivity contribution in [2.75, 3.05) is 0 Å². The van der Waals surface area contributed by atoms with Crippen molar-refractivity contribution in [2.24, 2.45) is 4.99 Å². The number of hydrogen-bond acceptors (Lipinski definition) is 1. The van der Waals surface area contributed by atoms with Crippen LogP contribution in [0.25, 0.3) is 0 Å². The van der Waals surface area contributed by atoms with E-state index >= 15 is 0 Å². The van der Waals surface area contributed by atoms with Gasteiger partial charge >= 0.3 is 93.7 Å². The van der Waals surface area contributed by atoms with Gasteiger partial charge < -0.3 is 0 Å². The van der Waals surface area contributed by atoms with Crippen molar-refractivity contribution < 1.29 is 0 Å². The molecular formula is C12H21NSe. The van der Waals surface area contributed by atoms with Gasteiger partial charge in [0.15, 0.2) is 0 Å². The summed E-state index contributed by atoms with van der Waals surface area (Å²) in [4.78, 5) is 5.98. The Hall–Kier alpha value is 0.189. The van der Waals surface area contributed by atoms with Gasteiger partial charge in [-0.1, -0.05) is 0 Å². The first-order chi connectivity index (χ1) is 6.88. The maximum absolute atomic E-state index is 4.92.